The van der Waals surface area contributed by atoms with Gasteiger partial charge in [0.25, 0.3) is 5.91 Å². The number of H-pyrrole nitrogens is 1. The van der Waals surface area contributed by atoms with E-state index in [0.717, 1.165) is 50.1 Å². The van der Waals surface area contributed by atoms with E-state index < -0.39 is 35.2 Å². The number of aromatic nitrogens is 2. The number of ether oxygens (including phenoxy) is 3. The lowest BCUT2D eigenvalue weighted by atomic mass is 9.84. The number of esters is 1. The Balaban J connectivity index is 1.47. The number of aromatic amines is 1. The minimum absolute atomic E-state index is 0.170. The summed E-state index contributed by atoms with van der Waals surface area (Å²) in [6.07, 6.45) is 2.81. The Bertz CT molecular complexity index is 1930. The highest BCUT2D eigenvalue weighted by Crippen LogP contribution is 2.39. The van der Waals surface area contributed by atoms with Gasteiger partial charge >= 0.3 is 12.1 Å². The van der Waals surface area contributed by atoms with Crippen LogP contribution < -0.4 is 10.7 Å². The number of hydrogen-bond donors (Lipinski definition) is 3. The summed E-state index contributed by atoms with van der Waals surface area (Å²) < 4.78 is 17.2. The first kappa shape index (κ1) is 36.1. The summed E-state index contributed by atoms with van der Waals surface area (Å²) in [6.45, 7) is 12.0. The Labute approximate surface area is 299 Å². The monoisotopic (exact) mass is 695 g/mol. The lowest BCUT2D eigenvalue weighted by molar-refractivity contribution is -0.155. The van der Waals surface area contributed by atoms with Crippen LogP contribution in [0.2, 0.25) is 0 Å². The molecule has 1 unspecified atom stereocenters. The topological polar surface area (TPSA) is 135 Å². The molecule has 0 radical (unpaired) electrons. The molecule has 1 saturated heterocycles. The van der Waals surface area contributed by atoms with E-state index in [1.54, 1.807) is 34.1 Å². The normalized spacial score (nSPS) is 20.3. The zero-order valence-electron chi connectivity index (χ0n) is 30.6. The summed E-state index contributed by atoms with van der Waals surface area (Å²) in [5, 5.41) is 5.30. The van der Waals surface area contributed by atoms with Crippen molar-refractivity contribution in [2.75, 3.05) is 20.3 Å². The van der Waals surface area contributed by atoms with Gasteiger partial charge < -0.3 is 24.5 Å². The smallest absolute Gasteiger partial charge is 0.408 e. The van der Waals surface area contributed by atoms with Crippen molar-refractivity contribution in [2.24, 2.45) is 5.41 Å². The number of carbonyl (C=O) groups excluding carboxylic acids is 3. The van der Waals surface area contributed by atoms with Crippen molar-refractivity contribution < 1.29 is 28.6 Å². The number of cyclic esters (lactones) is 1. The molecule has 0 aliphatic carbocycles. The average Bonchev–Trinajstić information content (AvgIpc) is 3.45. The molecule has 4 heterocycles. The van der Waals surface area contributed by atoms with E-state index in [9.17, 15) is 14.4 Å². The molecule has 2 aliphatic heterocycles. The lowest BCUT2D eigenvalue weighted by Gasteiger charge is -2.35. The highest BCUT2D eigenvalue weighted by molar-refractivity contribution is 5.94. The minimum atomic E-state index is -0.945. The van der Waals surface area contributed by atoms with Crippen molar-refractivity contribution in [3.05, 3.63) is 77.6 Å². The second-order valence-corrected chi connectivity index (χ2v) is 15.4. The van der Waals surface area contributed by atoms with Crippen LogP contribution in [0.1, 0.15) is 77.3 Å². The molecule has 2 amide bonds. The first-order valence-electron chi connectivity index (χ1n) is 17.7. The standard InChI is InChI=1S/C40H49N5O6/c1-24(49-7)34-28(13-9-17-41-34)35-30-22-40(5,6)23-50-37(47)32-14-10-18-45(44-32)36(46)33(43-38(48)51-39(2,3)4)20-25-11-8-12-26(19-25)27-15-16-31(42-35)29(30)21-27/h8-9,11-13,15-17,19,21,24,32-33,42,44H,10,14,18,20,22-23H2,1-7H3,(H,43,48)/t24-,32-,33?/m0/s1. The maximum atomic E-state index is 14.0. The van der Waals surface area contributed by atoms with Gasteiger partial charge in [-0.25, -0.2) is 10.2 Å². The quantitative estimate of drug-likeness (QED) is 0.202. The molecule has 51 heavy (non-hydrogen) atoms. The van der Waals surface area contributed by atoms with Crippen LogP contribution in [-0.2, 0) is 36.6 Å². The van der Waals surface area contributed by atoms with Crippen LogP contribution in [0.5, 0.6) is 0 Å². The van der Waals surface area contributed by atoms with E-state index in [4.69, 9.17) is 19.2 Å². The Morgan fingerprint density at radius 1 is 1.10 bits per heavy atom. The number of nitrogens with one attached hydrogen (secondary N) is 3. The van der Waals surface area contributed by atoms with Gasteiger partial charge in [-0.2, -0.15) is 0 Å². The van der Waals surface area contributed by atoms with Gasteiger partial charge in [0.15, 0.2) is 0 Å². The second kappa shape index (κ2) is 14.5. The molecule has 0 saturated carbocycles. The maximum Gasteiger partial charge on any atom is 0.408 e. The molecule has 11 nitrogen and oxygen atoms in total. The molecule has 3 atom stereocenters. The van der Waals surface area contributed by atoms with Gasteiger partial charge in [0.1, 0.15) is 17.7 Å². The summed E-state index contributed by atoms with van der Waals surface area (Å²) in [6, 6.07) is 16.7. The van der Waals surface area contributed by atoms with Crippen molar-refractivity contribution >= 4 is 28.9 Å². The number of amides is 2. The fourth-order valence-corrected chi connectivity index (χ4v) is 6.87. The van der Waals surface area contributed by atoms with E-state index in [1.165, 1.54) is 5.01 Å². The van der Waals surface area contributed by atoms with Crippen LogP contribution in [0.25, 0.3) is 33.3 Å². The number of carbonyl (C=O) groups is 3. The third kappa shape index (κ3) is 8.26. The molecule has 6 rings (SSSR count). The number of rotatable bonds is 4. The van der Waals surface area contributed by atoms with Crippen molar-refractivity contribution in [3.63, 3.8) is 0 Å². The first-order valence-corrected chi connectivity index (χ1v) is 17.7. The van der Waals surface area contributed by atoms with Gasteiger partial charge in [-0.05, 0) is 93.5 Å². The third-order valence-electron chi connectivity index (χ3n) is 9.44. The van der Waals surface area contributed by atoms with Gasteiger partial charge in [0.2, 0.25) is 0 Å². The van der Waals surface area contributed by atoms with E-state index >= 15 is 0 Å². The summed E-state index contributed by atoms with van der Waals surface area (Å²) in [5.41, 5.74) is 9.55. The summed E-state index contributed by atoms with van der Waals surface area (Å²) in [5.74, 6) is -0.773. The average molecular weight is 696 g/mol. The van der Waals surface area contributed by atoms with E-state index in [2.05, 4.69) is 59.9 Å². The minimum Gasteiger partial charge on any atom is -0.464 e. The van der Waals surface area contributed by atoms with Gasteiger partial charge in [-0.1, -0.05) is 44.2 Å². The predicted molar refractivity (Wildman–Crippen MR) is 196 cm³/mol. The van der Waals surface area contributed by atoms with E-state index in [1.807, 2.05) is 31.2 Å². The largest absolute Gasteiger partial charge is 0.464 e. The number of alkyl carbamates (subject to hydrolysis) is 1. The molecule has 2 aliphatic rings. The highest BCUT2D eigenvalue weighted by atomic mass is 16.6. The lowest BCUT2D eigenvalue weighted by Crippen LogP contribution is -2.60. The molecule has 11 heteroatoms. The Kier molecular flexibility index (Phi) is 10.2. The highest BCUT2D eigenvalue weighted by Gasteiger charge is 2.35. The molecule has 3 N–H and O–H groups in total. The number of pyridine rings is 1. The number of fused-ring (bicyclic) bond motifs is 6. The number of hydrazine groups is 1. The van der Waals surface area contributed by atoms with Crippen molar-refractivity contribution in [2.45, 2.75) is 91.0 Å². The molecule has 0 spiro atoms. The summed E-state index contributed by atoms with van der Waals surface area (Å²) >= 11 is 0. The van der Waals surface area contributed by atoms with Crippen LogP contribution in [-0.4, -0.2) is 70.9 Å². The Morgan fingerprint density at radius 2 is 1.88 bits per heavy atom. The fraction of sp³-hybridized carbons (Fsp3) is 0.450. The zero-order valence-corrected chi connectivity index (χ0v) is 30.6. The fourth-order valence-electron chi connectivity index (χ4n) is 6.87. The number of hydrogen-bond acceptors (Lipinski definition) is 8. The summed E-state index contributed by atoms with van der Waals surface area (Å²) in [4.78, 5) is 48.9. The van der Waals surface area contributed by atoms with Crippen molar-refractivity contribution in [3.8, 4) is 22.4 Å². The zero-order chi connectivity index (χ0) is 36.5. The molecule has 2 aromatic heterocycles. The Morgan fingerprint density at radius 3 is 2.65 bits per heavy atom. The van der Waals surface area contributed by atoms with Crippen LogP contribution in [0, 0.1) is 5.41 Å². The van der Waals surface area contributed by atoms with Crippen LogP contribution in [0.15, 0.2) is 60.8 Å². The van der Waals surface area contributed by atoms with Crippen LogP contribution in [0.4, 0.5) is 4.79 Å². The third-order valence-corrected chi connectivity index (χ3v) is 9.44. The van der Waals surface area contributed by atoms with Gasteiger partial charge in [0, 0.05) is 48.2 Å². The van der Waals surface area contributed by atoms with Gasteiger partial charge in [-0.15, -0.1) is 0 Å². The van der Waals surface area contributed by atoms with Crippen LogP contribution >= 0.6 is 0 Å². The molecule has 270 valence electrons. The first-order chi connectivity index (χ1) is 24.2. The van der Waals surface area contributed by atoms with Gasteiger partial charge in [0.05, 0.1) is 24.1 Å². The second-order valence-electron chi connectivity index (χ2n) is 15.4. The molecule has 4 aromatic rings. The van der Waals surface area contributed by atoms with Gasteiger partial charge in [-0.3, -0.25) is 19.6 Å². The SMILES string of the molecule is CO[C@@H](C)c1ncccc1-c1[nH]c2ccc3cc2c1CC(C)(C)COC(=O)[C@@H]1CCCN(N1)C(=O)C(NC(=O)OC(C)(C)C)Cc1cccc-3c1. The molecule has 1 fully saturated rings. The van der Waals surface area contributed by atoms with Crippen molar-refractivity contribution in [1.29, 1.82) is 0 Å². The number of methoxy groups -OCH3 is 1. The van der Waals surface area contributed by atoms with E-state index in [-0.39, 0.29) is 25.0 Å². The molecular weight excluding hydrogens is 646 g/mol. The number of benzene rings is 2. The summed E-state index contributed by atoms with van der Waals surface area (Å²) in [7, 11) is 1.68. The van der Waals surface area contributed by atoms with Crippen LogP contribution in [0.3, 0.4) is 0 Å². The molecule has 6 bridgehead atoms. The van der Waals surface area contributed by atoms with Crippen molar-refractivity contribution in [1.82, 2.24) is 25.7 Å². The molecular formula is C40H49N5O6. The molecule has 2 aromatic carbocycles. The maximum absolute atomic E-state index is 14.0. The van der Waals surface area contributed by atoms with E-state index in [0.29, 0.717) is 25.8 Å². The predicted octanol–water partition coefficient (Wildman–Crippen LogP) is 6.66. The Hall–Kier alpha value is -4.74. The number of nitrogens with zero attached hydrogens (tertiary/aromatic N) is 2.